The van der Waals surface area contributed by atoms with Gasteiger partial charge in [-0.3, -0.25) is 4.90 Å². The van der Waals surface area contributed by atoms with Gasteiger partial charge in [0.25, 0.3) is 0 Å². The number of hydrogen-bond donors (Lipinski definition) is 1. The van der Waals surface area contributed by atoms with Crippen molar-refractivity contribution in [3.05, 3.63) is 12.7 Å². The monoisotopic (exact) mass is 211 g/mol. The first-order valence-corrected chi connectivity index (χ1v) is 6.13. The van der Waals surface area contributed by atoms with Crippen molar-refractivity contribution < 1.29 is 5.11 Å². The van der Waals surface area contributed by atoms with Crippen molar-refractivity contribution in [3.63, 3.8) is 0 Å². The largest absolute Gasteiger partial charge is 0.391 e. The topological polar surface area (TPSA) is 23.5 Å². The van der Waals surface area contributed by atoms with Crippen molar-refractivity contribution in [2.45, 2.75) is 57.6 Å². The second kappa shape index (κ2) is 5.66. The minimum atomic E-state index is -0.212. The van der Waals surface area contributed by atoms with Gasteiger partial charge in [-0.25, -0.2) is 0 Å². The van der Waals surface area contributed by atoms with Crippen molar-refractivity contribution in [1.82, 2.24) is 4.90 Å². The van der Waals surface area contributed by atoms with Gasteiger partial charge < -0.3 is 5.11 Å². The molecule has 1 heterocycles. The summed E-state index contributed by atoms with van der Waals surface area (Å²) < 4.78 is 0. The Balaban J connectivity index is 2.40. The highest BCUT2D eigenvalue weighted by molar-refractivity contribution is 4.91. The zero-order valence-electron chi connectivity index (χ0n) is 10.2. The number of rotatable bonds is 6. The average molecular weight is 211 g/mol. The van der Waals surface area contributed by atoms with Gasteiger partial charge in [0.05, 0.1) is 6.10 Å². The first kappa shape index (κ1) is 12.7. The molecule has 0 radical (unpaired) electrons. The number of nitrogens with zero attached hydrogens (tertiary/aromatic N) is 1. The lowest BCUT2D eigenvalue weighted by Gasteiger charge is -2.39. The van der Waals surface area contributed by atoms with Crippen LogP contribution >= 0.6 is 0 Å². The molecular formula is C13H25NO. The summed E-state index contributed by atoms with van der Waals surface area (Å²) in [5, 5.41) is 10.2. The van der Waals surface area contributed by atoms with E-state index < -0.39 is 0 Å². The Bertz CT molecular complexity index is 195. The molecule has 2 heteroatoms. The van der Waals surface area contributed by atoms with E-state index in [1.807, 2.05) is 6.08 Å². The van der Waals surface area contributed by atoms with Crippen LogP contribution in [0.1, 0.15) is 46.0 Å². The van der Waals surface area contributed by atoms with Crippen LogP contribution < -0.4 is 0 Å². The molecule has 1 aliphatic rings. The predicted molar refractivity (Wildman–Crippen MR) is 64.9 cm³/mol. The minimum Gasteiger partial charge on any atom is -0.391 e. The molecule has 1 fully saturated rings. The van der Waals surface area contributed by atoms with Crippen LogP contribution in [-0.4, -0.2) is 34.7 Å². The smallest absolute Gasteiger partial charge is 0.0718 e. The van der Waals surface area contributed by atoms with Crippen molar-refractivity contribution in [2.24, 2.45) is 0 Å². The van der Waals surface area contributed by atoms with E-state index in [1.165, 1.54) is 12.8 Å². The summed E-state index contributed by atoms with van der Waals surface area (Å²) in [4.78, 5) is 2.42. The maximum Gasteiger partial charge on any atom is 0.0718 e. The molecule has 0 aromatic carbocycles. The van der Waals surface area contributed by atoms with Crippen LogP contribution in [0.4, 0.5) is 0 Å². The maximum atomic E-state index is 10.2. The molecule has 0 aromatic rings. The highest BCUT2D eigenvalue weighted by Gasteiger charge is 2.35. The third-order valence-electron chi connectivity index (χ3n) is 3.62. The van der Waals surface area contributed by atoms with Crippen LogP contribution in [0.2, 0.25) is 0 Å². The lowest BCUT2D eigenvalue weighted by molar-refractivity contribution is -0.00274. The molecule has 0 aromatic heterocycles. The number of allylic oxidation sites excluding steroid dienone is 1. The highest BCUT2D eigenvalue weighted by Crippen LogP contribution is 2.26. The lowest BCUT2D eigenvalue weighted by Crippen LogP contribution is -2.51. The SMILES string of the molecule is C=CCCCC(O)C(C)(C)N1CCCC1. The molecule has 2 nitrogen and oxygen atoms in total. The van der Waals surface area contributed by atoms with E-state index in [1.54, 1.807) is 0 Å². The Labute approximate surface area is 94.0 Å². The molecule has 88 valence electrons. The van der Waals surface area contributed by atoms with Gasteiger partial charge in [-0.1, -0.05) is 6.08 Å². The maximum absolute atomic E-state index is 10.2. The molecule has 1 unspecified atom stereocenters. The molecule has 0 spiro atoms. The molecule has 0 amide bonds. The third-order valence-corrected chi connectivity index (χ3v) is 3.62. The summed E-state index contributed by atoms with van der Waals surface area (Å²) in [7, 11) is 0. The van der Waals surface area contributed by atoms with E-state index in [9.17, 15) is 5.11 Å². The Morgan fingerprint density at radius 1 is 1.40 bits per heavy atom. The van der Waals surface area contributed by atoms with Crippen LogP contribution in [0.5, 0.6) is 0 Å². The first-order valence-electron chi connectivity index (χ1n) is 6.13. The van der Waals surface area contributed by atoms with Crippen LogP contribution in [0, 0.1) is 0 Å². The molecule has 0 bridgehead atoms. The van der Waals surface area contributed by atoms with E-state index in [-0.39, 0.29) is 11.6 Å². The van der Waals surface area contributed by atoms with E-state index in [4.69, 9.17) is 0 Å². The normalized spacial score (nSPS) is 20.5. The summed E-state index contributed by atoms with van der Waals surface area (Å²) in [6.45, 7) is 10.3. The number of likely N-dealkylation sites (tertiary alicyclic amines) is 1. The highest BCUT2D eigenvalue weighted by atomic mass is 16.3. The van der Waals surface area contributed by atoms with Crippen LogP contribution in [0.15, 0.2) is 12.7 Å². The predicted octanol–water partition coefficient (Wildman–Crippen LogP) is 2.58. The van der Waals surface area contributed by atoms with E-state index in [0.717, 1.165) is 32.4 Å². The van der Waals surface area contributed by atoms with Crippen molar-refractivity contribution in [2.75, 3.05) is 13.1 Å². The van der Waals surface area contributed by atoms with Gasteiger partial charge >= 0.3 is 0 Å². The summed E-state index contributed by atoms with van der Waals surface area (Å²) >= 11 is 0. The molecule has 0 aliphatic carbocycles. The fourth-order valence-corrected chi connectivity index (χ4v) is 2.31. The molecule has 1 saturated heterocycles. The van der Waals surface area contributed by atoms with E-state index in [2.05, 4.69) is 25.3 Å². The summed E-state index contributed by atoms with van der Waals surface area (Å²) in [6.07, 6.45) is 7.21. The van der Waals surface area contributed by atoms with Gasteiger partial charge in [-0.05, 0) is 59.0 Å². The Kier molecular flexibility index (Phi) is 4.81. The fraction of sp³-hybridized carbons (Fsp3) is 0.846. The second-order valence-electron chi connectivity index (χ2n) is 5.08. The van der Waals surface area contributed by atoms with Gasteiger partial charge in [-0.15, -0.1) is 6.58 Å². The molecular weight excluding hydrogens is 186 g/mol. The number of aliphatic hydroxyl groups excluding tert-OH is 1. The van der Waals surface area contributed by atoms with Crippen molar-refractivity contribution in [3.8, 4) is 0 Å². The molecule has 15 heavy (non-hydrogen) atoms. The molecule has 1 aliphatic heterocycles. The second-order valence-corrected chi connectivity index (χ2v) is 5.08. The lowest BCUT2D eigenvalue weighted by atomic mass is 9.91. The zero-order valence-corrected chi connectivity index (χ0v) is 10.2. The fourth-order valence-electron chi connectivity index (χ4n) is 2.31. The molecule has 0 saturated carbocycles. The van der Waals surface area contributed by atoms with Gasteiger partial charge in [-0.2, -0.15) is 0 Å². The summed E-state index contributed by atoms with van der Waals surface area (Å²) in [5.74, 6) is 0. The standard InChI is InChI=1S/C13H25NO/c1-4-5-6-9-12(15)13(2,3)14-10-7-8-11-14/h4,12,15H,1,5-11H2,2-3H3. The van der Waals surface area contributed by atoms with Crippen LogP contribution in [0.3, 0.4) is 0 Å². The average Bonchev–Trinajstić information content (AvgIpc) is 2.71. The summed E-state index contributed by atoms with van der Waals surface area (Å²) in [6, 6.07) is 0. The Morgan fingerprint density at radius 3 is 2.53 bits per heavy atom. The van der Waals surface area contributed by atoms with Gasteiger partial charge in [0.2, 0.25) is 0 Å². The van der Waals surface area contributed by atoms with E-state index >= 15 is 0 Å². The quantitative estimate of drug-likeness (QED) is 0.539. The molecule has 1 atom stereocenters. The first-order chi connectivity index (χ1) is 7.09. The molecule has 1 rings (SSSR count). The summed E-state index contributed by atoms with van der Waals surface area (Å²) in [5.41, 5.74) is -0.0579. The number of unbranched alkanes of at least 4 members (excludes halogenated alkanes) is 1. The van der Waals surface area contributed by atoms with Gasteiger partial charge in [0, 0.05) is 5.54 Å². The Hall–Kier alpha value is -0.340. The Morgan fingerprint density at radius 2 is 2.00 bits per heavy atom. The van der Waals surface area contributed by atoms with Crippen LogP contribution in [-0.2, 0) is 0 Å². The zero-order chi connectivity index (χ0) is 11.3. The van der Waals surface area contributed by atoms with Gasteiger partial charge in [0.15, 0.2) is 0 Å². The minimum absolute atomic E-state index is 0.0579. The van der Waals surface area contributed by atoms with Crippen LogP contribution in [0.25, 0.3) is 0 Å². The number of hydrogen-bond acceptors (Lipinski definition) is 2. The molecule has 1 N–H and O–H groups in total. The van der Waals surface area contributed by atoms with Crippen molar-refractivity contribution >= 4 is 0 Å². The van der Waals surface area contributed by atoms with Crippen molar-refractivity contribution in [1.29, 1.82) is 0 Å². The van der Waals surface area contributed by atoms with E-state index in [0.29, 0.717) is 0 Å². The number of aliphatic hydroxyl groups is 1. The van der Waals surface area contributed by atoms with Gasteiger partial charge in [0.1, 0.15) is 0 Å². The third kappa shape index (κ3) is 3.32.